The van der Waals surface area contributed by atoms with Crippen LogP contribution in [-0.2, 0) is 12.8 Å². The molecule has 0 unspecified atom stereocenters. The summed E-state index contributed by atoms with van der Waals surface area (Å²) in [7, 11) is 2.08. The Morgan fingerprint density at radius 2 is 2.00 bits per heavy atom. The fourth-order valence-corrected chi connectivity index (χ4v) is 4.12. The van der Waals surface area contributed by atoms with Crippen LogP contribution < -0.4 is 10.1 Å². The van der Waals surface area contributed by atoms with Crippen molar-refractivity contribution < 1.29 is 4.74 Å². The molecular formula is C19H29NO. The molecule has 2 nitrogen and oxygen atoms in total. The Hall–Kier alpha value is -1.02. The monoisotopic (exact) mass is 287 g/mol. The van der Waals surface area contributed by atoms with Gasteiger partial charge in [0.15, 0.2) is 0 Å². The van der Waals surface area contributed by atoms with Crippen LogP contribution in [0.1, 0.15) is 56.1 Å². The van der Waals surface area contributed by atoms with E-state index in [1.807, 2.05) is 0 Å². The largest absolute Gasteiger partial charge is 0.493 e. The second-order valence-electron chi connectivity index (χ2n) is 6.95. The summed E-state index contributed by atoms with van der Waals surface area (Å²) in [6.07, 6.45) is 12.2. The maximum atomic E-state index is 5.61. The second kappa shape index (κ2) is 6.83. The van der Waals surface area contributed by atoms with Crippen molar-refractivity contribution in [1.29, 1.82) is 0 Å². The minimum atomic E-state index is 0.594. The van der Waals surface area contributed by atoms with Crippen LogP contribution in [0.15, 0.2) is 18.2 Å². The molecule has 1 aliphatic heterocycles. The molecule has 1 N–H and O–H groups in total. The Labute approximate surface area is 129 Å². The summed E-state index contributed by atoms with van der Waals surface area (Å²) in [5.74, 6) is 1.11. The lowest BCUT2D eigenvalue weighted by Crippen LogP contribution is -2.29. The zero-order valence-corrected chi connectivity index (χ0v) is 13.4. The van der Waals surface area contributed by atoms with E-state index in [0.717, 1.165) is 25.3 Å². The van der Waals surface area contributed by atoms with Gasteiger partial charge < -0.3 is 10.1 Å². The molecule has 1 saturated carbocycles. The second-order valence-corrected chi connectivity index (χ2v) is 6.95. The lowest BCUT2D eigenvalue weighted by molar-refractivity contribution is 0.157. The number of aryl methyl sites for hydroxylation is 1. The smallest absolute Gasteiger partial charge is 0.122 e. The highest BCUT2D eigenvalue weighted by molar-refractivity contribution is 5.39. The van der Waals surface area contributed by atoms with Gasteiger partial charge in [0.1, 0.15) is 5.75 Å². The maximum Gasteiger partial charge on any atom is 0.122 e. The van der Waals surface area contributed by atoms with E-state index in [2.05, 4.69) is 30.6 Å². The van der Waals surface area contributed by atoms with Crippen molar-refractivity contribution in [2.75, 3.05) is 20.2 Å². The van der Waals surface area contributed by atoms with Crippen molar-refractivity contribution in [3.8, 4) is 5.75 Å². The molecule has 0 bridgehead atoms. The highest BCUT2D eigenvalue weighted by Crippen LogP contribution is 2.43. The van der Waals surface area contributed by atoms with Crippen molar-refractivity contribution in [2.45, 2.75) is 57.8 Å². The molecule has 116 valence electrons. The van der Waals surface area contributed by atoms with E-state index in [1.54, 1.807) is 0 Å². The SMILES string of the molecule is CNCCC1(CCc2ccc3c(c2)CCO3)CCCCC1. The van der Waals surface area contributed by atoms with Crippen molar-refractivity contribution in [2.24, 2.45) is 5.41 Å². The lowest BCUT2D eigenvalue weighted by atomic mass is 9.68. The number of benzene rings is 1. The number of ether oxygens (including phenoxy) is 1. The summed E-state index contributed by atoms with van der Waals surface area (Å²) in [6, 6.07) is 6.84. The first kappa shape index (κ1) is 14.9. The van der Waals surface area contributed by atoms with Gasteiger partial charge in [-0.1, -0.05) is 31.4 Å². The number of hydrogen-bond donors (Lipinski definition) is 1. The van der Waals surface area contributed by atoms with Gasteiger partial charge in [0.25, 0.3) is 0 Å². The summed E-state index contributed by atoms with van der Waals surface area (Å²) in [6.45, 7) is 2.03. The average Bonchev–Trinajstić information content (AvgIpc) is 3.00. The molecule has 0 radical (unpaired) electrons. The Kier molecular flexibility index (Phi) is 4.84. The molecule has 2 aliphatic rings. The van der Waals surface area contributed by atoms with Crippen molar-refractivity contribution >= 4 is 0 Å². The first-order chi connectivity index (χ1) is 10.3. The molecule has 1 aromatic carbocycles. The van der Waals surface area contributed by atoms with E-state index in [1.165, 1.54) is 62.5 Å². The molecule has 1 heterocycles. The highest BCUT2D eigenvalue weighted by Gasteiger charge is 2.31. The molecule has 1 aromatic rings. The van der Waals surface area contributed by atoms with E-state index in [4.69, 9.17) is 4.74 Å². The molecule has 0 spiro atoms. The van der Waals surface area contributed by atoms with Crippen LogP contribution in [0.5, 0.6) is 5.75 Å². The Bertz CT molecular complexity index is 463. The third-order valence-corrected chi connectivity index (χ3v) is 5.52. The predicted octanol–water partition coefficient (Wildman–Crippen LogP) is 4.11. The van der Waals surface area contributed by atoms with Crippen LogP contribution in [-0.4, -0.2) is 20.2 Å². The van der Waals surface area contributed by atoms with Crippen LogP contribution in [0.25, 0.3) is 0 Å². The van der Waals surface area contributed by atoms with Gasteiger partial charge in [-0.3, -0.25) is 0 Å². The molecule has 3 rings (SSSR count). The molecule has 1 fully saturated rings. The van der Waals surface area contributed by atoms with Crippen molar-refractivity contribution in [3.05, 3.63) is 29.3 Å². The third-order valence-electron chi connectivity index (χ3n) is 5.52. The molecule has 0 atom stereocenters. The maximum absolute atomic E-state index is 5.61. The third kappa shape index (κ3) is 3.60. The van der Waals surface area contributed by atoms with E-state index < -0.39 is 0 Å². The molecule has 1 aliphatic carbocycles. The summed E-state index contributed by atoms with van der Waals surface area (Å²) in [5.41, 5.74) is 3.52. The molecule has 2 heteroatoms. The van der Waals surface area contributed by atoms with Gasteiger partial charge in [0, 0.05) is 6.42 Å². The van der Waals surface area contributed by atoms with E-state index >= 15 is 0 Å². The first-order valence-electron chi connectivity index (χ1n) is 8.71. The first-order valence-corrected chi connectivity index (χ1v) is 8.71. The minimum Gasteiger partial charge on any atom is -0.493 e. The number of fused-ring (bicyclic) bond motifs is 1. The topological polar surface area (TPSA) is 21.3 Å². The van der Waals surface area contributed by atoms with Crippen LogP contribution >= 0.6 is 0 Å². The van der Waals surface area contributed by atoms with Crippen LogP contribution in [0.3, 0.4) is 0 Å². The van der Waals surface area contributed by atoms with Gasteiger partial charge >= 0.3 is 0 Å². The molecule has 0 saturated heterocycles. The van der Waals surface area contributed by atoms with Crippen LogP contribution in [0.4, 0.5) is 0 Å². The van der Waals surface area contributed by atoms with Gasteiger partial charge in [0.05, 0.1) is 6.61 Å². The van der Waals surface area contributed by atoms with Crippen molar-refractivity contribution in [3.63, 3.8) is 0 Å². The Morgan fingerprint density at radius 1 is 1.14 bits per heavy atom. The van der Waals surface area contributed by atoms with Gasteiger partial charge in [-0.2, -0.15) is 0 Å². The summed E-state index contributed by atoms with van der Waals surface area (Å²) in [4.78, 5) is 0. The molecule has 0 aromatic heterocycles. The average molecular weight is 287 g/mol. The van der Waals surface area contributed by atoms with Crippen molar-refractivity contribution in [1.82, 2.24) is 5.32 Å². The fourth-order valence-electron chi connectivity index (χ4n) is 4.12. The molecular weight excluding hydrogens is 258 g/mol. The summed E-state index contributed by atoms with van der Waals surface area (Å²) >= 11 is 0. The summed E-state index contributed by atoms with van der Waals surface area (Å²) in [5, 5.41) is 3.36. The summed E-state index contributed by atoms with van der Waals surface area (Å²) < 4.78 is 5.61. The Balaban J connectivity index is 1.63. The van der Waals surface area contributed by atoms with Crippen LogP contribution in [0, 0.1) is 5.41 Å². The predicted molar refractivity (Wildman–Crippen MR) is 88.0 cm³/mol. The molecule has 0 amide bonds. The normalized spacial score (nSPS) is 20.0. The van der Waals surface area contributed by atoms with E-state index in [0.29, 0.717) is 5.41 Å². The Morgan fingerprint density at radius 3 is 2.81 bits per heavy atom. The van der Waals surface area contributed by atoms with Crippen LogP contribution in [0.2, 0.25) is 0 Å². The number of rotatable bonds is 6. The number of hydrogen-bond acceptors (Lipinski definition) is 2. The lowest BCUT2D eigenvalue weighted by Gasteiger charge is -2.38. The zero-order chi connectivity index (χ0) is 14.5. The molecule has 21 heavy (non-hydrogen) atoms. The quantitative estimate of drug-likeness (QED) is 0.850. The van der Waals surface area contributed by atoms with Gasteiger partial charge in [-0.05, 0) is 68.3 Å². The highest BCUT2D eigenvalue weighted by atomic mass is 16.5. The fraction of sp³-hybridized carbons (Fsp3) is 0.684. The van der Waals surface area contributed by atoms with E-state index in [9.17, 15) is 0 Å². The zero-order valence-electron chi connectivity index (χ0n) is 13.4. The standard InChI is InChI=1S/C19H29NO/c1-20-13-12-19(9-3-2-4-10-19)11-7-16-5-6-18-17(15-16)8-14-21-18/h5-6,15,20H,2-4,7-14H2,1H3. The minimum absolute atomic E-state index is 0.594. The van der Waals surface area contributed by atoms with Gasteiger partial charge in [-0.25, -0.2) is 0 Å². The van der Waals surface area contributed by atoms with E-state index in [-0.39, 0.29) is 0 Å². The van der Waals surface area contributed by atoms with Gasteiger partial charge in [0.2, 0.25) is 0 Å². The number of nitrogens with one attached hydrogen (secondary N) is 1. The van der Waals surface area contributed by atoms with Gasteiger partial charge in [-0.15, -0.1) is 0 Å².